The fourth-order valence-corrected chi connectivity index (χ4v) is 3.83. The fourth-order valence-electron chi connectivity index (χ4n) is 2.28. The quantitative estimate of drug-likeness (QED) is 0.675. The van der Waals surface area contributed by atoms with E-state index in [1.165, 1.54) is 0 Å². The molecule has 1 N–H and O–H groups in total. The van der Waals surface area contributed by atoms with E-state index in [2.05, 4.69) is 15.5 Å². The molecule has 0 aromatic rings. The molecule has 116 valence electrons. The van der Waals surface area contributed by atoms with E-state index in [1.54, 1.807) is 0 Å². The number of terminal acetylenes is 1. The van der Waals surface area contributed by atoms with Gasteiger partial charge in [0.2, 0.25) is 10.0 Å². The second-order valence-corrected chi connectivity index (χ2v) is 7.00. The molecule has 1 aliphatic heterocycles. The average molecular weight is 302 g/mol. The Balaban J connectivity index is 2.43. The van der Waals surface area contributed by atoms with Crippen LogP contribution < -0.4 is 4.72 Å². The fraction of sp³-hybridized carbons (Fsp3) is 0.857. The minimum Gasteiger partial charge on any atom is -0.379 e. The van der Waals surface area contributed by atoms with E-state index in [9.17, 15) is 8.42 Å². The molecule has 0 aromatic carbocycles. The Morgan fingerprint density at radius 3 is 2.40 bits per heavy atom. The number of morpholine rings is 1. The largest absolute Gasteiger partial charge is 0.379 e. The standard InChI is InChI=1S/C14H26N2O3S/c1-4-14(5-2,6-3)15-20(17,18)13-7-8-16-9-11-19-12-10-16/h1,15H,5-13H2,2-3H3. The summed E-state index contributed by atoms with van der Waals surface area (Å²) < 4.78 is 32.2. The van der Waals surface area contributed by atoms with Crippen LogP contribution in [0.4, 0.5) is 0 Å². The Morgan fingerprint density at radius 2 is 1.90 bits per heavy atom. The van der Waals surface area contributed by atoms with Crippen LogP contribution in [0.1, 0.15) is 33.1 Å². The topological polar surface area (TPSA) is 58.6 Å². The van der Waals surface area contributed by atoms with Crippen LogP contribution >= 0.6 is 0 Å². The van der Waals surface area contributed by atoms with Gasteiger partial charge in [-0.25, -0.2) is 8.42 Å². The van der Waals surface area contributed by atoms with Gasteiger partial charge >= 0.3 is 0 Å². The lowest BCUT2D eigenvalue weighted by Gasteiger charge is -2.28. The van der Waals surface area contributed by atoms with E-state index >= 15 is 0 Å². The van der Waals surface area contributed by atoms with Crippen molar-refractivity contribution in [2.24, 2.45) is 0 Å². The predicted molar refractivity (Wildman–Crippen MR) is 80.9 cm³/mol. The molecule has 1 rings (SSSR count). The highest BCUT2D eigenvalue weighted by molar-refractivity contribution is 7.89. The molecule has 0 aromatic heterocycles. The van der Waals surface area contributed by atoms with Crippen molar-refractivity contribution in [2.75, 3.05) is 38.6 Å². The van der Waals surface area contributed by atoms with Gasteiger partial charge in [0.25, 0.3) is 0 Å². The summed E-state index contributed by atoms with van der Waals surface area (Å²) in [7, 11) is -3.33. The van der Waals surface area contributed by atoms with Crippen molar-refractivity contribution >= 4 is 10.0 Å². The molecular weight excluding hydrogens is 276 g/mol. The van der Waals surface area contributed by atoms with Crippen molar-refractivity contribution in [1.29, 1.82) is 0 Å². The summed E-state index contributed by atoms with van der Waals surface area (Å²) in [5.41, 5.74) is -0.738. The number of nitrogens with one attached hydrogen (secondary N) is 1. The number of hydrogen-bond acceptors (Lipinski definition) is 4. The maximum atomic E-state index is 12.1. The van der Waals surface area contributed by atoms with Crippen molar-refractivity contribution in [1.82, 2.24) is 9.62 Å². The van der Waals surface area contributed by atoms with Gasteiger partial charge in [-0.15, -0.1) is 6.42 Å². The number of rotatable bonds is 8. The summed E-state index contributed by atoms with van der Waals surface area (Å²) in [5.74, 6) is 2.71. The van der Waals surface area contributed by atoms with Crippen molar-refractivity contribution in [3.63, 3.8) is 0 Å². The minimum atomic E-state index is -3.33. The SMILES string of the molecule is C#CC(CC)(CC)NS(=O)(=O)CCCN1CCOCC1. The molecule has 5 nitrogen and oxygen atoms in total. The normalized spacial score (nSPS) is 17.9. The third-order valence-electron chi connectivity index (χ3n) is 3.83. The van der Waals surface area contributed by atoms with Crippen LogP contribution in [-0.2, 0) is 14.8 Å². The van der Waals surface area contributed by atoms with Gasteiger partial charge in [0, 0.05) is 13.1 Å². The predicted octanol–water partition coefficient (Wildman–Crippen LogP) is 0.820. The molecule has 1 heterocycles. The molecule has 1 saturated heterocycles. The molecule has 0 spiro atoms. The summed E-state index contributed by atoms with van der Waals surface area (Å²) in [5, 5.41) is 0. The van der Waals surface area contributed by atoms with Crippen LogP contribution in [0.2, 0.25) is 0 Å². The second kappa shape index (κ2) is 7.99. The lowest BCUT2D eigenvalue weighted by Crippen LogP contribution is -2.47. The maximum absolute atomic E-state index is 12.1. The van der Waals surface area contributed by atoms with Gasteiger partial charge in [-0.1, -0.05) is 19.8 Å². The smallest absolute Gasteiger partial charge is 0.212 e. The monoisotopic (exact) mass is 302 g/mol. The molecule has 0 aliphatic carbocycles. The van der Waals surface area contributed by atoms with Crippen molar-refractivity contribution in [3.05, 3.63) is 0 Å². The zero-order valence-electron chi connectivity index (χ0n) is 12.5. The van der Waals surface area contributed by atoms with Gasteiger partial charge < -0.3 is 4.74 Å². The first-order valence-corrected chi connectivity index (χ1v) is 8.91. The van der Waals surface area contributed by atoms with Gasteiger partial charge in [0.05, 0.1) is 24.5 Å². The molecule has 1 aliphatic rings. The van der Waals surface area contributed by atoms with Crippen molar-refractivity contribution < 1.29 is 13.2 Å². The van der Waals surface area contributed by atoms with Gasteiger partial charge in [0.1, 0.15) is 0 Å². The molecule has 0 radical (unpaired) electrons. The van der Waals surface area contributed by atoms with Crippen LogP contribution in [0.3, 0.4) is 0 Å². The van der Waals surface area contributed by atoms with Gasteiger partial charge in [-0.05, 0) is 25.8 Å². The molecule has 1 fully saturated rings. The first-order chi connectivity index (χ1) is 9.47. The maximum Gasteiger partial charge on any atom is 0.212 e. The molecule has 6 heteroatoms. The lowest BCUT2D eigenvalue weighted by molar-refractivity contribution is 0.0381. The average Bonchev–Trinajstić information content (AvgIpc) is 2.46. The molecule has 0 atom stereocenters. The molecule has 0 unspecified atom stereocenters. The number of ether oxygens (including phenoxy) is 1. The van der Waals surface area contributed by atoms with E-state index < -0.39 is 15.6 Å². The van der Waals surface area contributed by atoms with Gasteiger partial charge in [0.15, 0.2) is 0 Å². The zero-order valence-corrected chi connectivity index (χ0v) is 13.3. The second-order valence-electron chi connectivity index (χ2n) is 5.16. The van der Waals surface area contributed by atoms with Crippen LogP contribution in [0.15, 0.2) is 0 Å². The minimum absolute atomic E-state index is 0.119. The van der Waals surface area contributed by atoms with Crippen LogP contribution in [0.25, 0.3) is 0 Å². The van der Waals surface area contributed by atoms with Crippen molar-refractivity contribution in [2.45, 2.75) is 38.6 Å². The third kappa shape index (κ3) is 5.41. The molecule has 0 saturated carbocycles. The molecular formula is C14H26N2O3S. The Bertz CT molecular complexity index is 418. The Kier molecular flexibility index (Phi) is 6.96. The van der Waals surface area contributed by atoms with Crippen LogP contribution in [0.5, 0.6) is 0 Å². The number of nitrogens with zero attached hydrogens (tertiary/aromatic N) is 1. The highest BCUT2D eigenvalue weighted by atomic mass is 32.2. The van der Waals surface area contributed by atoms with E-state index in [-0.39, 0.29) is 5.75 Å². The number of hydrogen-bond donors (Lipinski definition) is 1. The number of sulfonamides is 1. The van der Waals surface area contributed by atoms with Crippen LogP contribution in [-0.4, -0.2) is 57.5 Å². The Labute approximate surface area is 123 Å². The summed E-state index contributed by atoms with van der Waals surface area (Å²) in [6.45, 7) is 7.82. The first kappa shape index (κ1) is 17.4. The Morgan fingerprint density at radius 1 is 1.30 bits per heavy atom. The summed E-state index contributed by atoms with van der Waals surface area (Å²) in [6.07, 6.45) is 7.30. The summed E-state index contributed by atoms with van der Waals surface area (Å²) >= 11 is 0. The Hall–Kier alpha value is -0.610. The summed E-state index contributed by atoms with van der Waals surface area (Å²) in [6, 6.07) is 0. The third-order valence-corrected chi connectivity index (χ3v) is 5.35. The van der Waals surface area contributed by atoms with Crippen molar-refractivity contribution in [3.8, 4) is 12.3 Å². The molecule has 0 bridgehead atoms. The van der Waals surface area contributed by atoms with E-state index in [1.807, 2.05) is 13.8 Å². The summed E-state index contributed by atoms with van der Waals surface area (Å²) in [4.78, 5) is 2.23. The molecule has 0 amide bonds. The van der Waals surface area contributed by atoms with Gasteiger partial charge in [-0.3, -0.25) is 4.90 Å². The first-order valence-electron chi connectivity index (χ1n) is 7.26. The molecule has 20 heavy (non-hydrogen) atoms. The highest BCUT2D eigenvalue weighted by Gasteiger charge is 2.28. The highest BCUT2D eigenvalue weighted by Crippen LogP contribution is 2.15. The zero-order chi connectivity index (χ0) is 15.1. The lowest BCUT2D eigenvalue weighted by atomic mass is 9.96. The van der Waals surface area contributed by atoms with Gasteiger partial charge in [-0.2, -0.15) is 4.72 Å². The van der Waals surface area contributed by atoms with Crippen LogP contribution in [0, 0.1) is 12.3 Å². The van der Waals surface area contributed by atoms with E-state index in [0.717, 1.165) is 32.8 Å². The van der Waals surface area contributed by atoms with E-state index in [4.69, 9.17) is 11.2 Å². The van der Waals surface area contributed by atoms with E-state index in [0.29, 0.717) is 19.3 Å².